The van der Waals surface area contributed by atoms with E-state index in [1.165, 1.54) is 17.8 Å². The third-order valence-electron chi connectivity index (χ3n) is 4.06. The maximum atomic E-state index is 13.0. The van der Waals surface area contributed by atoms with E-state index in [0.717, 1.165) is 22.6 Å². The predicted octanol–water partition coefficient (Wildman–Crippen LogP) is 3.91. The Morgan fingerprint density at radius 1 is 1.30 bits per heavy atom. The van der Waals surface area contributed by atoms with Crippen LogP contribution in [-0.2, 0) is 6.42 Å². The zero-order valence-electron chi connectivity index (χ0n) is 12.9. The first-order valence-electron chi connectivity index (χ1n) is 7.27. The normalized spacial score (nSPS) is 16.3. The average molecular weight is 328 g/mol. The van der Waals surface area contributed by atoms with Crippen LogP contribution < -0.4 is 4.90 Å². The van der Waals surface area contributed by atoms with E-state index in [2.05, 4.69) is 0 Å². The van der Waals surface area contributed by atoms with Crippen molar-refractivity contribution in [1.82, 2.24) is 0 Å². The molecule has 0 saturated heterocycles. The molecule has 118 valence electrons. The van der Waals surface area contributed by atoms with Crippen molar-refractivity contribution >= 4 is 29.0 Å². The van der Waals surface area contributed by atoms with Gasteiger partial charge in [-0.3, -0.25) is 14.9 Å². The number of rotatable bonds is 3. The maximum absolute atomic E-state index is 13.0. The number of para-hydroxylation sites is 1. The van der Waals surface area contributed by atoms with Crippen molar-refractivity contribution in [3.63, 3.8) is 0 Å². The van der Waals surface area contributed by atoms with Crippen LogP contribution in [-0.4, -0.2) is 23.1 Å². The van der Waals surface area contributed by atoms with Crippen LogP contribution in [0.2, 0.25) is 0 Å². The van der Waals surface area contributed by atoms with E-state index in [-0.39, 0.29) is 23.2 Å². The van der Waals surface area contributed by atoms with Crippen molar-refractivity contribution in [1.29, 1.82) is 0 Å². The molecule has 2 aromatic carbocycles. The molecule has 3 rings (SSSR count). The van der Waals surface area contributed by atoms with Crippen LogP contribution >= 0.6 is 11.8 Å². The van der Waals surface area contributed by atoms with Gasteiger partial charge in [0.2, 0.25) is 0 Å². The second kappa shape index (κ2) is 6.04. The summed E-state index contributed by atoms with van der Waals surface area (Å²) in [6.07, 6.45) is 2.64. The Labute approximate surface area is 138 Å². The summed E-state index contributed by atoms with van der Waals surface area (Å²) < 4.78 is 0. The van der Waals surface area contributed by atoms with Gasteiger partial charge in [0.1, 0.15) is 5.56 Å². The molecule has 23 heavy (non-hydrogen) atoms. The lowest BCUT2D eigenvalue weighted by molar-refractivity contribution is -0.385. The molecule has 0 bridgehead atoms. The highest BCUT2D eigenvalue weighted by atomic mass is 32.2. The van der Waals surface area contributed by atoms with E-state index in [0.29, 0.717) is 0 Å². The fourth-order valence-electron chi connectivity index (χ4n) is 2.98. The van der Waals surface area contributed by atoms with Gasteiger partial charge < -0.3 is 4.90 Å². The summed E-state index contributed by atoms with van der Waals surface area (Å²) >= 11 is 1.46. The molecule has 0 spiro atoms. The average Bonchev–Trinajstić information content (AvgIpc) is 2.89. The number of carbonyl (C=O) groups is 1. The molecule has 1 atom stereocenters. The van der Waals surface area contributed by atoms with Gasteiger partial charge in [-0.25, -0.2) is 0 Å². The maximum Gasteiger partial charge on any atom is 0.282 e. The zero-order chi connectivity index (χ0) is 16.6. The molecular weight excluding hydrogens is 312 g/mol. The lowest BCUT2D eigenvalue weighted by Gasteiger charge is -2.22. The Hall–Kier alpha value is -2.34. The Bertz CT molecular complexity index is 791. The molecule has 0 aliphatic carbocycles. The highest BCUT2D eigenvalue weighted by Crippen LogP contribution is 2.35. The molecule has 6 heteroatoms. The quantitative estimate of drug-likeness (QED) is 0.487. The molecule has 1 amide bonds. The Balaban J connectivity index is 2.09. The lowest BCUT2D eigenvalue weighted by Crippen LogP contribution is -2.36. The van der Waals surface area contributed by atoms with Crippen LogP contribution in [0.5, 0.6) is 0 Å². The monoisotopic (exact) mass is 328 g/mol. The number of nitro groups is 1. The van der Waals surface area contributed by atoms with Gasteiger partial charge in [0, 0.05) is 22.7 Å². The summed E-state index contributed by atoms with van der Waals surface area (Å²) in [5.74, 6) is -0.315. The minimum atomic E-state index is -0.496. The largest absolute Gasteiger partial charge is 0.305 e. The number of carbonyl (C=O) groups excluding carboxylic acids is 1. The highest BCUT2D eigenvalue weighted by molar-refractivity contribution is 7.98. The second-order valence-electron chi connectivity index (χ2n) is 5.50. The third-order valence-corrected chi connectivity index (χ3v) is 4.78. The number of thioether (sulfide) groups is 1. The van der Waals surface area contributed by atoms with Crippen LogP contribution in [0.25, 0.3) is 0 Å². The Morgan fingerprint density at radius 2 is 2.04 bits per heavy atom. The minimum absolute atomic E-state index is 0.0163. The van der Waals surface area contributed by atoms with Gasteiger partial charge in [-0.15, -0.1) is 11.8 Å². The number of anilines is 1. The van der Waals surface area contributed by atoms with Crippen LogP contribution in [0, 0.1) is 10.1 Å². The summed E-state index contributed by atoms with van der Waals surface area (Å²) in [6.45, 7) is 1.96. The van der Waals surface area contributed by atoms with Crippen molar-refractivity contribution in [2.45, 2.75) is 24.3 Å². The smallest absolute Gasteiger partial charge is 0.282 e. The number of hydrogen-bond acceptors (Lipinski definition) is 4. The van der Waals surface area contributed by atoms with E-state index in [1.807, 2.05) is 37.4 Å². The number of nitrogens with zero attached hydrogens (tertiary/aromatic N) is 2. The molecule has 2 aromatic rings. The molecule has 0 N–H and O–H groups in total. The Morgan fingerprint density at radius 3 is 2.74 bits per heavy atom. The van der Waals surface area contributed by atoms with Crippen molar-refractivity contribution < 1.29 is 9.72 Å². The van der Waals surface area contributed by atoms with E-state index < -0.39 is 4.92 Å². The van der Waals surface area contributed by atoms with Crippen LogP contribution in [0.3, 0.4) is 0 Å². The standard InChI is InChI=1S/C17H16N2O3S/c1-11-9-12-5-3-4-6-15(12)18(11)17(20)14-10-13(23-2)7-8-16(14)19(21)22/h3-8,10-11H,9H2,1-2H3. The van der Waals surface area contributed by atoms with Crippen molar-refractivity contribution in [3.05, 3.63) is 63.7 Å². The first kappa shape index (κ1) is 15.6. The van der Waals surface area contributed by atoms with Crippen LogP contribution in [0.4, 0.5) is 11.4 Å². The topological polar surface area (TPSA) is 63.5 Å². The van der Waals surface area contributed by atoms with E-state index in [1.54, 1.807) is 17.0 Å². The van der Waals surface area contributed by atoms with Gasteiger partial charge in [-0.05, 0) is 43.4 Å². The van der Waals surface area contributed by atoms with E-state index >= 15 is 0 Å². The van der Waals surface area contributed by atoms with E-state index in [4.69, 9.17) is 0 Å². The molecule has 0 fully saturated rings. The van der Waals surface area contributed by atoms with Gasteiger partial charge in [-0.1, -0.05) is 18.2 Å². The molecule has 0 saturated carbocycles. The van der Waals surface area contributed by atoms with Gasteiger partial charge >= 0.3 is 0 Å². The fraction of sp³-hybridized carbons (Fsp3) is 0.235. The number of fused-ring (bicyclic) bond motifs is 1. The summed E-state index contributed by atoms with van der Waals surface area (Å²) in [4.78, 5) is 26.3. The van der Waals surface area contributed by atoms with Gasteiger partial charge in [0.05, 0.1) is 4.92 Å². The van der Waals surface area contributed by atoms with Crippen LogP contribution in [0.15, 0.2) is 47.4 Å². The molecule has 0 aromatic heterocycles. The van der Waals surface area contributed by atoms with Gasteiger partial charge in [0.25, 0.3) is 11.6 Å². The second-order valence-corrected chi connectivity index (χ2v) is 6.38. The molecule has 1 aliphatic rings. The first-order valence-corrected chi connectivity index (χ1v) is 8.49. The molecule has 1 aliphatic heterocycles. The number of hydrogen-bond donors (Lipinski definition) is 0. The Kier molecular flexibility index (Phi) is 4.09. The molecule has 1 unspecified atom stereocenters. The van der Waals surface area contributed by atoms with Crippen molar-refractivity contribution in [2.24, 2.45) is 0 Å². The number of amides is 1. The number of benzene rings is 2. The SMILES string of the molecule is CSc1ccc([N+](=O)[O-])c(C(=O)N2c3ccccc3CC2C)c1. The minimum Gasteiger partial charge on any atom is -0.305 e. The fourth-order valence-corrected chi connectivity index (χ4v) is 3.42. The predicted molar refractivity (Wildman–Crippen MR) is 91.3 cm³/mol. The third kappa shape index (κ3) is 2.70. The number of nitro benzene ring substituents is 1. The lowest BCUT2D eigenvalue weighted by atomic mass is 10.1. The van der Waals surface area contributed by atoms with Gasteiger partial charge in [0.15, 0.2) is 0 Å². The van der Waals surface area contributed by atoms with Gasteiger partial charge in [-0.2, -0.15) is 0 Å². The van der Waals surface area contributed by atoms with Crippen molar-refractivity contribution in [2.75, 3.05) is 11.2 Å². The highest BCUT2D eigenvalue weighted by Gasteiger charge is 2.34. The summed E-state index contributed by atoms with van der Waals surface area (Å²) in [5.41, 5.74) is 1.93. The molecule has 5 nitrogen and oxygen atoms in total. The van der Waals surface area contributed by atoms with Crippen LogP contribution in [0.1, 0.15) is 22.8 Å². The van der Waals surface area contributed by atoms with E-state index in [9.17, 15) is 14.9 Å². The summed E-state index contributed by atoms with van der Waals surface area (Å²) in [6, 6.07) is 12.4. The zero-order valence-corrected chi connectivity index (χ0v) is 13.7. The van der Waals surface area contributed by atoms with Crippen molar-refractivity contribution in [3.8, 4) is 0 Å². The molecule has 1 heterocycles. The summed E-state index contributed by atoms with van der Waals surface area (Å²) in [5, 5.41) is 11.3. The first-order chi connectivity index (χ1) is 11.0. The molecular formula is C17H16N2O3S. The summed E-state index contributed by atoms with van der Waals surface area (Å²) in [7, 11) is 0. The molecule has 0 radical (unpaired) electrons.